The molecule has 0 heterocycles. The first-order valence-corrected chi connectivity index (χ1v) is 4.36. The van der Waals surface area contributed by atoms with Crippen molar-refractivity contribution in [2.75, 3.05) is 19.3 Å². The fourth-order valence-electron chi connectivity index (χ4n) is 0.518. The molecule has 6 heteroatoms. The van der Waals surface area contributed by atoms with Gasteiger partial charge in [0.2, 0.25) is 0 Å². The second kappa shape index (κ2) is 6.47. The third-order valence-corrected chi connectivity index (χ3v) is 1.47. The van der Waals surface area contributed by atoms with E-state index in [1.807, 2.05) is 7.05 Å². The Labute approximate surface area is 82.7 Å². The van der Waals surface area contributed by atoms with Gasteiger partial charge in [-0.2, -0.15) is 12.6 Å². The lowest BCUT2D eigenvalue weighted by atomic mass is 10.6. The van der Waals surface area contributed by atoms with E-state index in [9.17, 15) is 10.1 Å². The summed E-state index contributed by atoms with van der Waals surface area (Å²) < 4.78 is 0. The van der Waals surface area contributed by atoms with Crippen LogP contribution >= 0.6 is 12.6 Å². The van der Waals surface area contributed by atoms with Crippen molar-refractivity contribution in [3.63, 3.8) is 0 Å². The van der Waals surface area contributed by atoms with Crippen LogP contribution < -0.4 is 0 Å². The van der Waals surface area contributed by atoms with Crippen LogP contribution in [-0.2, 0) is 0 Å². The number of aliphatic imine (C=N–C) groups is 1. The molecule has 0 aromatic carbocycles. The molecule has 13 heavy (non-hydrogen) atoms. The Kier molecular flexibility index (Phi) is 5.96. The molecule has 5 nitrogen and oxygen atoms in total. The van der Waals surface area contributed by atoms with Crippen molar-refractivity contribution in [2.24, 2.45) is 4.99 Å². The highest BCUT2D eigenvalue weighted by molar-refractivity contribution is 7.80. The maximum atomic E-state index is 10.1. The van der Waals surface area contributed by atoms with Gasteiger partial charge < -0.3 is 4.90 Å². The van der Waals surface area contributed by atoms with Gasteiger partial charge in [-0.25, -0.2) is 4.99 Å². The van der Waals surface area contributed by atoms with E-state index in [2.05, 4.69) is 17.6 Å². The van der Waals surface area contributed by atoms with Gasteiger partial charge in [-0.15, -0.1) is 0 Å². The Morgan fingerprint density at radius 2 is 2.38 bits per heavy atom. The number of hydrogen-bond donors (Lipinski definition) is 1. The van der Waals surface area contributed by atoms with Crippen molar-refractivity contribution in [3.05, 3.63) is 22.0 Å². The molecule has 0 aromatic heterocycles. The number of thiol groups is 1. The molecule has 0 aliphatic heterocycles. The van der Waals surface area contributed by atoms with Crippen LogP contribution in [0.2, 0.25) is 0 Å². The summed E-state index contributed by atoms with van der Waals surface area (Å²) in [5.74, 6) is 0.723. The largest absolute Gasteiger partial charge is 0.365 e. The first-order valence-electron chi connectivity index (χ1n) is 3.73. The number of hydrogen-bond acceptors (Lipinski definition) is 4. The van der Waals surface area contributed by atoms with E-state index in [0.717, 1.165) is 12.3 Å². The summed E-state index contributed by atoms with van der Waals surface area (Å²) in [6.07, 6.45) is 2.75. The standard InChI is InChI=1S/C7H13N3O2S/c1-7(10(11)12)5-8-6-9(2)3-4-13/h5-6,13H,3-4H2,1-2H3/b7-5+,8-6?. The molecule has 0 fully saturated rings. The van der Waals surface area contributed by atoms with Crippen molar-refractivity contribution >= 4 is 19.0 Å². The Hall–Kier alpha value is -1.04. The average molecular weight is 203 g/mol. The molecule has 0 saturated carbocycles. The molecular formula is C7H13N3O2S. The quantitative estimate of drug-likeness (QED) is 0.238. The van der Waals surface area contributed by atoms with E-state index in [1.54, 1.807) is 4.90 Å². The van der Waals surface area contributed by atoms with Crippen molar-refractivity contribution in [1.29, 1.82) is 0 Å². The minimum atomic E-state index is -0.476. The Bertz CT molecular complexity index is 228. The van der Waals surface area contributed by atoms with Crippen LogP contribution in [0.15, 0.2) is 16.9 Å². The minimum Gasteiger partial charge on any atom is -0.365 e. The molecule has 0 N–H and O–H groups in total. The van der Waals surface area contributed by atoms with E-state index in [0.29, 0.717) is 0 Å². The van der Waals surface area contributed by atoms with Crippen LogP contribution in [0.4, 0.5) is 0 Å². The Morgan fingerprint density at radius 3 is 2.85 bits per heavy atom. The van der Waals surface area contributed by atoms with E-state index < -0.39 is 4.92 Å². The molecule has 0 spiro atoms. The number of nitro groups is 1. The summed E-state index contributed by atoms with van der Waals surface area (Å²) in [4.78, 5) is 15.2. The lowest BCUT2D eigenvalue weighted by molar-refractivity contribution is -0.424. The minimum absolute atomic E-state index is 0.0236. The van der Waals surface area contributed by atoms with Crippen LogP contribution in [0.1, 0.15) is 6.92 Å². The van der Waals surface area contributed by atoms with Gasteiger partial charge in [0.15, 0.2) is 0 Å². The second-order valence-electron chi connectivity index (χ2n) is 2.50. The van der Waals surface area contributed by atoms with Crippen LogP contribution in [0.3, 0.4) is 0 Å². The van der Waals surface area contributed by atoms with E-state index >= 15 is 0 Å². The number of nitrogens with zero attached hydrogens (tertiary/aromatic N) is 3. The number of allylic oxidation sites excluding steroid dienone is 1. The fraction of sp³-hybridized carbons (Fsp3) is 0.571. The van der Waals surface area contributed by atoms with Gasteiger partial charge in [-0.3, -0.25) is 10.1 Å². The van der Waals surface area contributed by atoms with Crippen molar-refractivity contribution in [1.82, 2.24) is 4.90 Å². The Balaban J connectivity index is 3.99. The lowest BCUT2D eigenvalue weighted by Crippen LogP contribution is -2.18. The highest BCUT2D eigenvalue weighted by atomic mass is 32.1. The van der Waals surface area contributed by atoms with Crippen LogP contribution in [0, 0.1) is 10.1 Å². The molecule has 0 radical (unpaired) electrons. The highest BCUT2D eigenvalue weighted by Crippen LogP contribution is 1.92. The summed E-state index contributed by atoms with van der Waals surface area (Å²) in [5.41, 5.74) is 0.0236. The maximum Gasteiger partial charge on any atom is 0.261 e. The van der Waals surface area contributed by atoms with E-state index in [-0.39, 0.29) is 5.70 Å². The zero-order chi connectivity index (χ0) is 10.3. The smallest absolute Gasteiger partial charge is 0.261 e. The van der Waals surface area contributed by atoms with Gasteiger partial charge >= 0.3 is 0 Å². The fourth-order valence-corrected chi connectivity index (χ4v) is 0.833. The van der Waals surface area contributed by atoms with Gasteiger partial charge in [-0.1, -0.05) is 0 Å². The molecule has 0 amide bonds. The summed E-state index contributed by atoms with van der Waals surface area (Å²) in [6, 6.07) is 0. The molecular weight excluding hydrogens is 190 g/mol. The van der Waals surface area contributed by atoms with Crippen molar-refractivity contribution in [3.8, 4) is 0 Å². The summed E-state index contributed by atoms with van der Waals surface area (Å²) >= 11 is 4.03. The van der Waals surface area contributed by atoms with Crippen LogP contribution in [0.25, 0.3) is 0 Å². The van der Waals surface area contributed by atoms with Gasteiger partial charge in [0.25, 0.3) is 5.70 Å². The molecule has 0 aliphatic carbocycles. The molecule has 0 rings (SSSR count). The van der Waals surface area contributed by atoms with Gasteiger partial charge in [0.05, 0.1) is 11.3 Å². The molecule has 0 atom stereocenters. The van der Waals surface area contributed by atoms with Crippen LogP contribution in [-0.4, -0.2) is 35.5 Å². The first-order chi connectivity index (χ1) is 6.07. The molecule has 0 unspecified atom stereocenters. The molecule has 74 valence electrons. The monoisotopic (exact) mass is 203 g/mol. The van der Waals surface area contributed by atoms with Gasteiger partial charge in [0.1, 0.15) is 6.20 Å². The van der Waals surface area contributed by atoms with Crippen molar-refractivity contribution < 1.29 is 4.92 Å². The van der Waals surface area contributed by atoms with E-state index in [1.165, 1.54) is 19.5 Å². The van der Waals surface area contributed by atoms with Gasteiger partial charge in [-0.05, 0) is 0 Å². The van der Waals surface area contributed by atoms with Crippen molar-refractivity contribution in [2.45, 2.75) is 6.92 Å². The summed E-state index contributed by atoms with van der Waals surface area (Å²) in [5, 5.41) is 10.1. The average Bonchev–Trinajstić information content (AvgIpc) is 2.04. The molecule has 0 saturated heterocycles. The second-order valence-corrected chi connectivity index (χ2v) is 2.94. The highest BCUT2D eigenvalue weighted by Gasteiger charge is 1.98. The third-order valence-electron chi connectivity index (χ3n) is 1.27. The van der Waals surface area contributed by atoms with Gasteiger partial charge in [0, 0.05) is 26.3 Å². The third kappa shape index (κ3) is 6.15. The zero-order valence-corrected chi connectivity index (χ0v) is 8.57. The van der Waals surface area contributed by atoms with E-state index in [4.69, 9.17) is 0 Å². The normalized spacial score (nSPS) is 12.1. The predicted octanol–water partition coefficient (Wildman–Crippen LogP) is 1.01. The Morgan fingerprint density at radius 1 is 1.77 bits per heavy atom. The summed E-state index contributed by atoms with van der Waals surface area (Å²) in [7, 11) is 1.83. The molecule has 0 bridgehead atoms. The number of rotatable bonds is 5. The SMILES string of the molecule is C/C(=C\N=CN(C)CCS)[N+](=O)[O-]. The summed E-state index contributed by atoms with van der Waals surface area (Å²) in [6.45, 7) is 2.16. The zero-order valence-electron chi connectivity index (χ0n) is 7.67. The topological polar surface area (TPSA) is 58.7 Å². The van der Waals surface area contributed by atoms with Crippen LogP contribution in [0.5, 0.6) is 0 Å². The molecule has 0 aliphatic rings. The maximum absolute atomic E-state index is 10.1. The lowest BCUT2D eigenvalue weighted by Gasteiger charge is -2.08. The molecule has 0 aromatic rings. The first kappa shape index (κ1) is 12.0. The predicted molar refractivity (Wildman–Crippen MR) is 55.7 cm³/mol.